The van der Waals surface area contributed by atoms with Gasteiger partial charge in [0, 0.05) is 5.56 Å². The monoisotopic (exact) mass is 332 g/mol. The molecule has 0 bridgehead atoms. The van der Waals surface area contributed by atoms with Crippen molar-refractivity contribution in [2.45, 2.75) is 0 Å². The number of rotatable bonds is 3. The Morgan fingerprint density at radius 1 is 1.00 bits per heavy atom. The van der Waals surface area contributed by atoms with Gasteiger partial charge in [-0.1, -0.05) is 12.1 Å². The predicted octanol–water partition coefficient (Wildman–Crippen LogP) is 3.40. The van der Waals surface area contributed by atoms with E-state index in [2.05, 4.69) is 9.97 Å². The summed E-state index contributed by atoms with van der Waals surface area (Å²) in [6.07, 6.45) is 1.40. The average molecular weight is 332 g/mol. The van der Waals surface area contributed by atoms with Crippen molar-refractivity contribution in [2.75, 3.05) is 0 Å². The van der Waals surface area contributed by atoms with Gasteiger partial charge in [0.1, 0.15) is 11.6 Å². The number of aromatic nitrogens is 2. The van der Waals surface area contributed by atoms with E-state index in [1.807, 2.05) is 6.07 Å². The number of hydrogen-bond donors (Lipinski definition) is 1. The standard InChI is InChI=1S/C19H12N2O4/c22-18-14-4-1-2-5-15(14)20-17(21-18)12-7-9-13(10-8-12)25-19(23)16-6-3-11-24-16/h1-11H,(H,20,21,22). The van der Waals surface area contributed by atoms with Crippen molar-refractivity contribution in [3.8, 4) is 17.1 Å². The van der Waals surface area contributed by atoms with Gasteiger partial charge in [-0.3, -0.25) is 4.79 Å². The first kappa shape index (κ1) is 14.9. The van der Waals surface area contributed by atoms with E-state index in [9.17, 15) is 9.59 Å². The van der Waals surface area contributed by atoms with Crippen LogP contribution in [0.15, 0.2) is 76.1 Å². The van der Waals surface area contributed by atoms with Gasteiger partial charge >= 0.3 is 5.97 Å². The van der Waals surface area contributed by atoms with Gasteiger partial charge in [0.15, 0.2) is 0 Å². The van der Waals surface area contributed by atoms with E-state index in [4.69, 9.17) is 9.15 Å². The molecular formula is C19H12N2O4. The molecule has 0 atom stereocenters. The Kier molecular flexibility index (Phi) is 3.63. The SMILES string of the molecule is O=C(Oc1ccc(-c2nc3ccccc3c(=O)[nH]2)cc1)c1ccco1. The van der Waals surface area contributed by atoms with E-state index in [-0.39, 0.29) is 11.3 Å². The number of H-pyrrole nitrogens is 1. The van der Waals surface area contributed by atoms with Crippen LogP contribution in [0.2, 0.25) is 0 Å². The second kappa shape index (κ2) is 6.09. The second-order valence-corrected chi connectivity index (χ2v) is 5.32. The van der Waals surface area contributed by atoms with E-state index < -0.39 is 5.97 Å². The summed E-state index contributed by atoms with van der Waals surface area (Å²) in [5, 5.41) is 0.537. The zero-order valence-electron chi connectivity index (χ0n) is 12.9. The Morgan fingerprint density at radius 2 is 1.80 bits per heavy atom. The summed E-state index contributed by atoms with van der Waals surface area (Å²) in [6.45, 7) is 0. The summed E-state index contributed by atoms with van der Waals surface area (Å²) in [5.41, 5.74) is 1.13. The van der Waals surface area contributed by atoms with E-state index in [1.54, 1.807) is 48.5 Å². The number of esters is 1. The summed E-state index contributed by atoms with van der Waals surface area (Å²) in [7, 11) is 0. The molecule has 2 aromatic carbocycles. The van der Waals surface area contributed by atoms with Gasteiger partial charge in [-0.05, 0) is 48.5 Å². The van der Waals surface area contributed by atoms with Crippen molar-refractivity contribution in [1.82, 2.24) is 9.97 Å². The van der Waals surface area contributed by atoms with Crippen LogP contribution in [0.25, 0.3) is 22.3 Å². The average Bonchev–Trinajstić information content (AvgIpc) is 3.17. The third-order valence-electron chi connectivity index (χ3n) is 3.67. The fourth-order valence-electron chi connectivity index (χ4n) is 2.46. The minimum absolute atomic E-state index is 0.129. The number of fused-ring (bicyclic) bond motifs is 1. The topological polar surface area (TPSA) is 85.2 Å². The molecule has 1 N–H and O–H groups in total. The number of carbonyl (C=O) groups excluding carboxylic acids is 1. The van der Waals surface area contributed by atoms with Gasteiger partial charge in [0.2, 0.25) is 5.76 Å². The molecule has 0 radical (unpaired) electrons. The minimum atomic E-state index is -0.574. The van der Waals surface area contributed by atoms with E-state index in [1.165, 1.54) is 12.3 Å². The summed E-state index contributed by atoms with van der Waals surface area (Å²) in [5.74, 6) is 0.375. The van der Waals surface area contributed by atoms with Crippen molar-refractivity contribution in [1.29, 1.82) is 0 Å². The number of para-hydroxylation sites is 1. The zero-order chi connectivity index (χ0) is 17.2. The van der Waals surface area contributed by atoms with Crippen molar-refractivity contribution >= 4 is 16.9 Å². The highest BCUT2D eigenvalue weighted by molar-refractivity contribution is 5.88. The van der Waals surface area contributed by atoms with E-state index >= 15 is 0 Å². The van der Waals surface area contributed by atoms with Crippen LogP contribution in [-0.4, -0.2) is 15.9 Å². The van der Waals surface area contributed by atoms with E-state index in [0.29, 0.717) is 28.0 Å². The van der Waals surface area contributed by atoms with Crippen LogP contribution < -0.4 is 10.3 Å². The maximum absolute atomic E-state index is 12.1. The van der Waals surface area contributed by atoms with Crippen molar-refractivity contribution in [3.63, 3.8) is 0 Å². The molecule has 6 nitrogen and oxygen atoms in total. The third kappa shape index (κ3) is 2.92. The van der Waals surface area contributed by atoms with Crippen molar-refractivity contribution in [3.05, 3.63) is 83.0 Å². The Bertz CT molecular complexity index is 1100. The molecule has 0 saturated carbocycles. The molecule has 4 aromatic rings. The number of nitrogens with one attached hydrogen (secondary N) is 1. The van der Waals surface area contributed by atoms with Gasteiger partial charge in [-0.2, -0.15) is 0 Å². The fourth-order valence-corrected chi connectivity index (χ4v) is 2.46. The molecule has 0 amide bonds. The summed E-state index contributed by atoms with van der Waals surface area (Å²) < 4.78 is 10.2. The maximum atomic E-state index is 12.1. The van der Waals surface area contributed by atoms with Gasteiger partial charge in [-0.25, -0.2) is 9.78 Å². The zero-order valence-corrected chi connectivity index (χ0v) is 12.9. The molecular weight excluding hydrogens is 320 g/mol. The minimum Gasteiger partial charge on any atom is -0.457 e. The van der Waals surface area contributed by atoms with Crippen molar-refractivity contribution < 1.29 is 13.9 Å². The summed E-state index contributed by atoms with van der Waals surface area (Å²) in [6, 6.07) is 17.0. The van der Waals surface area contributed by atoms with Gasteiger partial charge in [0.05, 0.1) is 17.2 Å². The van der Waals surface area contributed by atoms with Gasteiger partial charge in [0.25, 0.3) is 5.56 Å². The van der Waals surface area contributed by atoms with Crippen LogP contribution in [0.3, 0.4) is 0 Å². The predicted molar refractivity (Wildman–Crippen MR) is 91.5 cm³/mol. The van der Waals surface area contributed by atoms with Crippen LogP contribution in [0, 0.1) is 0 Å². The number of ether oxygens (including phenoxy) is 1. The number of hydrogen-bond acceptors (Lipinski definition) is 5. The van der Waals surface area contributed by atoms with Crippen LogP contribution in [0.1, 0.15) is 10.6 Å². The molecule has 122 valence electrons. The molecule has 6 heteroatoms. The molecule has 4 rings (SSSR count). The summed E-state index contributed by atoms with van der Waals surface area (Å²) in [4.78, 5) is 31.2. The lowest BCUT2D eigenvalue weighted by molar-refractivity contribution is 0.0701. The number of furan rings is 1. The van der Waals surface area contributed by atoms with Crippen molar-refractivity contribution in [2.24, 2.45) is 0 Å². The Balaban J connectivity index is 1.62. The molecule has 0 saturated heterocycles. The summed E-state index contributed by atoms with van der Waals surface area (Å²) >= 11 is 0. The fraction of sp³-hybridized carbons (Fsp3) is 0. The highest BCUT2D eigenvalue weighted by Crippen LogP contribution is 2.21. The molecule has 2 heterocycles. The van der Waals surface area contributed by atoms with Crippen LogP contribution >= 0.6 is 0 Å². The number of nitrogens with zero attached hydrogens (tertiary/aromatic N) is 1. The Hall–Kier alpha value is -3.67. The lowest BCUT2D eigenvalue weighted by Crippen LogP contribution is -2.09. The lowest BCUT2D eigenvalue weighted by Gasteiger charge is -2.05. The highest BCUT2D eigenvalue weighted by atomic mass is 16.5. The van der Waals surface area contributed by atoms with Crippen LogP contribution in [0.5, 0.6) is 5.75 Å². The lowest BCUT2D eigenvalue weighted by atomic mass is 10.2. The molecule has 0 unspecified atom stereocenters. The van der Waals surface area contributed by atoms with Gasteiger partial charge in [-0.15, -0.1) is 0 Å². The molecule has 0 aliphatic heterocycles. The highest BCUT2D eigenvalue weighted by Gasteiger charge is 2.12. The molecule has 0 aliphatic carbocycles. The first-order valence-electron chi connectivity index (χ1n) is 7.56. The molecule has 0 spiro atoms. The molecule has 2 aromatic heterocycles. The van der Waals surface area contributed by atoms with Crippen LogP contribution in [0.4, 0.5) is 0 Å². The number of carbonyl (C=O) groups is 1. The van der Waals surface area contributed by atoms with Crippen LogP contribution in [-0.2, 0) is 0 Å². The largest absolute Gasteiger partial charge is 0.457 e. The van der Waals surface area contributed by atoms with E-state index in [0.717, 1.165) is 0 Å². The first-order chi connectivity index (χ1) is 12.2. The number of aromatic amines is 1. The first-order valence-corrected chi connectivity index (χ1v) is 7.56. The normalized spacial score (nSPS) is 10.7. The molecule has 0 fully saturated rings. The quantitative estimate of drug-likeness (QED) is 0.459. The number of benzene rings is 2. The Morgan fingerprint density at radius 3 is 2.56 bits per heavy atom. The second-order valence-electron chi connectivity index (χ2n) is 5.32. The molecule has 0 aliphatic rings. The maximum Gasteiger partial charge on any atom is 0.379 e. The third-order valence-corrected chi connectivity index (χ3v) is 3.67. The van der Waals surface area contributed by atoms with Gasteiger partial charge < -0.3 is 14.1 Å². The Labute approximate surface area is 141 Å². The smallest absolute Gasteiger partial charge is 0.379 e. The molecule has 25 heavy (non-hydrogen) atoms.